The van der Waals surface area contributed by atoms with Crippen LogP contribution < -0.4 is 15.4 Å². The first kappa shape index (κ1) is 24.8. The molecule has 0 saturated heterocycles. The first-order valence-electron chi connectivity index (χ1n) is 11.1. The zero-order valence-electron chi connectivity index (χ0n) is 19.5. The van der Waals surface area contributed by atoms with E-state index in [2.05, 4.69) is 92.9 Å². The Kier molecular flexibility index (Phi) is 11.2. The number of benzene rings is 2. The molecule has 3 nitrogen and oxygen atoms in total. The lowest BCUT2D eigenvalue weighted by Crippen LogP contribution is -2.77. The third-order valence-electron chi connectivity index (χ3n) is 5.30. The van der Waals surface area contributed by atoms with E-state index in [1.54, 1.807) is 7.11 Å². The molecule has 160 valence electrons. The minimum absolute atomic E-state index is 0.121. The lowest BCUT2D eigenvalue weighted by atomic mass is 9.76. The summed E-state index contributed by atoms with van der Waals surface area (Å²) in [5.41, 5.74) is 5.13. The Hall–Kier alpha value is -2.26. The van der Waals surface area contributed by atoms with Gasteiger partial charge in [0, 0.05) is 34.8 Å². The van der Waals surface area contributed by atoms with Crippen molar-refractivity contribution in [2.45, 2.75) is 59.8 Å². The fourth-order valence-electron chi connectivity index (χ4n) is 3.50. The number of nitrogens with one attached hydrogen (secondary N) is 1. The number of anilines is 1. The molecular weight excluding hydrogens is 356 g/mol. The molecule has 0 heterocycles. The van der Waals surface area contributed by atoms with E-state index in [9.17, 15) is 0 Å². The average molecular weight is 398 g/mol. The summed E-state index contributed by atoms with van der Waals surface area (Å²) >= 11 is 0. The van der Waals surface area contributed by atoms with Crippen LogP contribution in [0.3, 0.4) is 0 Å². The zero-order valence-corrected chi connectivity index (χ0v) is 19.5. The molecule has 1 atom stereocenters. The number of methoxy groups -OCH3 is 1. The van der Waals surface area contributed by atoms with Gasteiger partial charge in [-0.1, -0.05) is 58.0 Å². The predicted molar refractivity (Wildman–Crippen MR) is 128 cm³/mol. The number of nitrogens with two attached hydrogens (primary N) is 1. The molecule has 1 unspecified atom stereocenters. The van der Waals surface area contributed by atoms with E-state index in [0.717, 1.165) is 42.9 Å². The van der Waals surface area contributed by atoms with Crippen LogP contribution >= 0.6 is 0 Å². The molecule has 0 bridgehead atoms. The molecule has 29 heavy (non-hydrogen) atoms. The van der Waals surface area contributed by atoms with Gasteiger partial charge in [0.15, 0.2) is 0 Å². The van der Waals surface area contributed by atoms with Gasteiger partial charge in [0.2, 0.25) is 0 Å². The number of para-hydroxylation sites is 1. The Morgan fingerprint density at radius 2 is 1.79 bits per heavy atom. The van der Waals surface area contributed by atoms with Crippen molar-refractivity contribution >= 4 is 17.5 Å². The largest absolute Gasteiger partial charge is 0.496 e. The van der Waals surface area contributed by atoms with Crippen LogP contribution in [0.1, 0.15) is 65.5 Å². The Morgan fingerprint density at radius 1 is 1.07 bits per heavy atom. The van der Waals surface area contributed by atoms with Crippen LogP contribution in [0.2, 0.25) is 0 Å². The fraction of sp³-hybridized carbons (Fsp3) is 0.462. The van der Waals surface area contributed by atoms with Crippen LogP contribution in [0.4, 0.5) is 11.4 Å². The second-order valence-corrected chi connectivity index (χ2v) is 7.21. The minimum Gasteiger partial charge on any atom is -0.496 e. The molecule has 2 aromatic rings. The predicted octanol–water partition coefficient (Wildman–Crippen LogP) is 6.14. The number of quaternary nitrogens is 1. The quantitative estimate of drug-likeness (QED) is 0.473. The maximum absolute atomic E-state index is 5.58. The number of hydrogen-bond acceptors (Lipinski definition) is 2. The average Bonchev–Trinajstić information content (AvgIpc) is 2.76. The molecule has 0 aliphatic rings. The summed E-state index contributed by atoms with van der Waals surface area (Å²) in [7, 11) is 1.73. The molecule has 3 heteroatoms. The van der Waals surface area contributed by atoms with E-state index in [0.29, 0.717) is 0 Å². The minimum atomic E-state index is 0.121. The number of ether oxygens (including phenoxy) is 1. The first-order chi connectivity index (χ1) is 14.1. The van der Waals surface area contributed by atoms with E-state index in [4.69, 9.17) is 4.74 Å². The van der Waals surface area contributed by atoms with Gasteiger partial charge in [-0.2, -0.15) is 0 Å². The molecule has 0 aromatic heterocycles. The normalized spacial score (nSPS) is 12.8. The van der Waals surface area contributed by atoms with Crippen LogP contribution in [0.15, 0.2) is 48.5 Å². The Balaban J connectivity index is 0.00000204. The Labute approximate surface area is 178 Å². The number of hydrogen-bond donors (Lipinski definition) is 2. The number of allylic oxidation sites excluding steroid dienone is 1. The standard InChI is InChI=1S/C24H34N2O.C2H6/c1-6-24(4,21-13-9-10-14-22(21)26-8-3)17-11-12-19-15-16-20(25-7-2)18-23(19)27-5;1-2/h9-16,18,25-26H,6-8,17H2,1-5H3;1-2H3/p+1/b12-11+;. The van der Waals surface area contributed by atoms with Crippen LogP contribution in [-0.4, -0.2) is 20.2 Å². The van der Waals surface area contributed by atoms with Crippen LogP contribution in [0, 0.1) is 0 Å². The third-order valence-corrected chi connectivity index (χ3v) is 5.30. The molecule has 0 fully saturated rings. The van der Waals surface area contributed by atoms with Gasteiger partial charge >= 0.3 is 0 Å². The maximum Gasteiger partial charge on any atom is 0.133 e. The Bertz CT molecular complexity index is 754. The second-order valence-electron chi connectivity index (χ2n) is 7.21. The molecule has 0 aliphatic heterocycles. The van der Waals surface area contributed by atoms with Crippen molar-refractivity contribution in [3.05, 3.63) is 59.7 Å². The van der Waals surface area contributed by atoms with Crippen molar-refractivity contribution in [1.82, 2.24) is 0 Å². The van der Waals surface area contributed by atoms with E-state index in [1.165, 1.54) is 11.3 Å². The lowest BCUT2D eigenvalue weighted by molar-refractivity contribution is -0.568. The molecule has 0 radical (unpaired) electrons. The summed E-state index contributed by atoms with van der Waals surface area (Å²) in [6.45, 7) is 14.9. The van der Waals surface area contributed by atoms with Gasteiger partial charge in [0.1, 0.15) is 11.4 Å². The summed E-state index contributed by atoms with van der Waals surface area (Å²) in [6, 6.07) is 15.1. The van der Waals surface area contributed by atoms with Gasteiger partial charge in [-0.25, -0.2) is 0 Å². The van der Waals surface area contributed by atoms with Crippen molar-refractivity contribution in [3.8, 4) is 5.75 Å². The van der Waals surface area contributed by atoms with Crippen LogP contribution in [0.25, 0.3) is 6.08 Å². The van der Waals surface area contributed by atoms with Gasteiger partial charge in [0.05, 0.1) is 13.7 Å². The van der Waals surface area contributed by atoms with Gasteiger partial charge in [0.25, 0.3) is 0 Å². The monoisotopic (exact) mass is 397 g/mol. The molecule has 0 aliphatic carbocycles. The molecule has 0 spiro atoms. The van der Waals surface area contributed by atoms with Gasteiger partial charge in [-0.05, 0) is 44.9 Å². The van der Waals surface area contributed by atoms with Crippen LogP contribution in [-0.2, 0) is 5.41 Å². The molecule has 0 amide bonds. The van der Waals surface area contributed by atoms with Gasteiger partial charge < -0.3 is 15.4 Å². The summed E-state index contributed by atoms with van der Waals surface area (Å²) < 4.78 is 5.58. The molecule has 3 N–H and O–H groups in total. The topological polar surface area (TPSA) is 37.9 Å². The van der Waals surface area contributed by atoms with E-state index in [-0.39, 0.29) is 5.41 Å². The van der Waals surface area contributed by atoms with Gasteiger partial charge in [-0.3, -0.25) is 0 Å². The number of rotatable bonds is 10. The highest BCUT2D eigenvalue weighted by molar-refractivity contribution is 5.63. The Morgan fingerprint density at radius 3 is 2.41 bits per heavy atom. The van der Waals surface area contributed by atoms with Gasteiger partial charge in [-0.15, -0.1) is 0 Å². The summed E-state index contributed by atoms with van der Waals surface area (Å²) in [5, 5.41) is 5.66. The molecule has 0 saturated carbocycles. The highest BCUT2D eigenvalue weighted by Crippen LogP contribution is 2.35. The summed E-state index contributed by atoms with van der Waals surface area (Å²) in [4.78, 5) is 0. The van der Waals surface area contributed by atoms with E-state index < -0.39 is 0 Å². The van der Waals surface area contributed by atoms with Crippen molar-refractivity contribution in [3.63, 3.8) is 0 Å². The SMILES string of the molecule is CC.CCNc1ccc(/C=C/CC(C)(CC)c2ccccc2[NH2+]CC)c(OC)c1. The highest BCUT2D eigenvalue weighted by Gasteiger charge is 2.27. The van der Waals surface area contributed by atoms with Crippen molar-refractivity contribution < 1.29 is 10.1 Å². The molecule has 2 rings (SSSR count). The molecular formula is C26H41N2O+. The zero-order chi connectivity index (χ0) is 21.7. The molecule has 2 aromatic carbocycles. The highest BCUT2D eigenvalue weighted by atomic mass is 16.5. The fourth-order valence-corrected chi connectivity index (χ4v) is 3.50. The smallest absolute Gasteiger partial charge is 0.133 e. The van der Waals surface area contributed by atoms with Crippen molar-refractivity contribution in [1.29, 1.82) is 0 Å². The first-order valence-corrected chi connectivity index (χ1v) is 11.1. The summed E-state index contributed by atoms with van der Waals surface area (Å²) in [5.74, 6) is 0.905. The van der Waals surface area contributed by atoms with E-state index >= 15 is 0 Å². The van der Waals surface area contributed by atoms with Crippen LogP contribution in [0.5, 0.6) is 5.75 Å². The van der Waals surface area contributed by atoms with E-state index in [1.807, 2.05) is 13.8 Å². The van der Waals surface area contributed by atoms with Crippen molar-refractivity contribution in [2.75, 3.05) is 25.5 Å². The maximum atomic E-state index is 5.58. The lowest BCUT2D eigenvalue weighted by Gasteiger charge is -2.28. The second kappa shape index (κ2) is 13.1. The summed E-state index contributed by atoms with van der Waals surface area (Å²) in [6.07, 6.45) is 6.57. The van der Waals surface area contributed by atoms with Crippen molar-refractivity contribution in [2.24, 2.45) is 0 Å². The third kappa shape index (κ3) is 6.93.